The quantitative estimate of drug-likeness (QED) is 0.821. The Morgan fingerprint density at radius 3 is 2.61 bits per heavy atom. The van der Waals surface area contributed by atoms with Crippen molar-refractivity contribution in [1.29, 1.82) is 0 Å². The molecule has 18 heavy (non-hydrogen) atoms. The molecule has 4 nitrogen and oxygen atoms in total. The van der Waals surface area contributed by atoms with Crippen LogP contribution < -0.4 is 5.32 Å². The zero-order valence-electron chi connectivity index (χ0n) is 11.9. The van der Waals surface area contributed by atoms with Gasteiger partial charge in [-0.3, -0.25) is 0 Å². The molecule has 1 unspecified atom stereocenters. The van der Waals surface area contributed by atoms with E-state index in [2.05, 4.69) is 5.32 Å². The lowest BCUT2D eigenvalue weighted by atomic mass is 9.86. The first-order chi connectivity index (χ1) is 8.44. The third-order valence-electron chi connectivity index (χ3n) is 3.70. The van der Waals surface area contributed by atoms with Gasteiger partial charge in [0.25, 0.3) is 0 Å². The van der Waals surface area contributed by atoms with Gasteiger partial charge in [-0.25, -0.2) is 4.79 Å². The van der Waals surface area contributed by atoms with Crippen LogP contribution in [0.15, 0.2) is 0 Å². The van der Waals surface area contributed by atoms with Crippen molar-refractivity contribution in [2.45, 2.75) is 45.6 Å². The van der Waals surface area contributed by atoms with Crippen molar-refractivity contribution in [3.8, 4) is 0 Å². The molecular formula is C14H26N2O2. The van der Waals surface area contributed by atoms with Gasteiger partial charge in [0.2, 0.25) is 0 Å². The second kappa shape index (κ2) is 5.47. The van der Waals surface area contributed by atoms with Crippen molar-refractivity contribution >= 4 is 6.09 Å². The van der Waals surface area contributed by atoms with E-state index >= 15 is 0 Å². The predicted molar refractivity (Wildman–Crippen MR) is 71.5 cm³/mol. The van der Waals surface area contributed by atoms with Crippen molar-refractivity contribution in [3.05, 3.63) is 0 Å². The van der Waals surface area contributed by atoms with Crippen LogP contribution in [0.2, 0.25) is 0 Å². The molecule has 1 amide bonds. The molecule has 2 rings (SSSR count). The molecule has 2 aliphatic rings. The molecule has 1 N–H and O–H groups in total. The summed E-state index contributed by atoms with van der Waals surface area (Å²) in [4.78, 5) is 13.9. The average molecular weight is 254 g/mol. The van der Waals surface area contributed by atoms with E-state index < -0.39 is 0 Å². The van der Waals surface area contributed by atoms with Crippen LogP contribution in [0.25, 0.3) is 0 Å². The fourth-order valence-corrected chi connectivity index (χ4v) is 2.74. The Hall–Kier alpha value is -0.770. The third-order valence-corrected chi connectivity index (χ3v) is 3.70. The number of ether oxygens (including phenoxy) is 1. The molecule has 0 bridgehead atoms. The van der Waals surface area contributed by atoms with Gasteiger partial charge in [0.1, 0.15) is 5.60 Å². The fourth-order valence-electron chi connectivity index (χ4n) is 2.74. The Bertz CT molecular complexity index is 295. The number of carbonyl (C=O) groups is 1. The molecule has 1 atom stereocenters. The van der Waals surface area contributed by atoms with Gasteiger partial charge in [-0.2, -0.15) is 0 Å². The summed E-state index contributed by atoms with van der Waals surface area (Å²) in [5, 5.41) is 3.31. The normalized spacial score (nSPS) is 25.7. The molecule has 0 aromatic carbocycles. The largest absolute Gasteiger partial charge is 0.444 e. The fraction of sp³-hybridized carbons (Fsp3) is 0.929. The van der Waals surface area contributed by atoms with E-state index in [4.69, 9.17) is 4.74 Å². The molecule has 2 fully saturated rings. The van der Waals surface area contributed by atoms with Gasteiger partial charge in [-0.05, 0) is 65.0 Å². The molecule has 0 aliphatic carbocycles. The van der Waals surface area contributed by atoms with Gasteiger partial charge in [-0.15, -0.1) is 0 Å². The number of carbonyl (C=O) groups excluding carboxylic acids is 1. The SMILES string of the molecule is CC(C)(C)OC(=O)N1CCCC(CC2CNC2)C1. The smallest absolute Gasteiger partial charge is 0.410 e. The summed E-state index contributed by atoms with van der Waals surface area (Å²) in [6.45, 7) is 9.82. The molecule has 0 radical (unpaired) electrons. The zero-order valence-corrected chi connectivity index (χ0v) is 11.9. The van der Waals surface area contributed by atoms with Crippen LogP contribution in [0, 0.1) is 11.8 Å². The van der Waals surface area contributed by atoms with Gasteiger partial charge >= 0.3 is 6.09 Å². The molecule has 0 aromatic heterocycles. The molecular weight excluding hydrogens is 228 g/mol. The van der Waals surface area contributed by atoms with Crippen molar-refractivity contribution in [1.82, 2.24) is 10.2 Å². The lowest BCUT2D eigenvalue weighted by Gasteiger charge is -2.37. The van der Waals surface area contributed by atoms with Gasteiger partial charge in [0.15, 0.2) is 0 Å². The third kappa shape index (κ3) is 3.87. The van der Waals surface area contributed by atoms with E-state index in [9.17, 15) is 4.79 Å². The molecule has 4 heteroatoms. The predicted octanol–water partition coefficient (Wildman–Crippen LogP) is 2.24. The number of hydrogen-bond acceptors (Lipinski definition) is 3. The number of piperidine rings is 1. The van der Waals surface area contributed by atoms with Crippen molar-refractivity contribution in [3.63, 3.8) is 0 Å². The van der Waals surface area contributed by atoms with Crippen LogP contribution in [0.4, 0.5) is 4.79 Å². The maximum atomic E-state index is 12.0. The maximum absolute atomic E-state index is 12.0. The summed E-state index contributed by atoms with van der Waals surface area (Å²) in [5.41, 5.74) is -0.387. The Morgan fingerprint density at radius 2 is 2.06 bits per heavy atom. The van der Waals surface area contributed by atoms with Crippen LogP contribution in [0.1, 0.15) is 40.0 Å². The number of hydrogen-bond donors (Lipinski definition) is 1. The van der Waals surface area contributed by atoms with E-state index in [1.54, 1.807) is 0 Å². The Labute approximate surface area is 110 Å². The minimum absolute atomic E-state index is 0.140. The minimum atomic E-state index is -0.387. The molecule has 0 spiro atoms. The summed E-state index contributed by atoms with van der Waals surface area (Å²) >= 11 is 0. The van der Waals surface area contributed by atoms with E-state index in [1.165, 1.54) is 12.8 Å². The summed E-state index contributed by atoms with van der Waals surface area (Å²) < 4.78 is 5.45. The highest BCUT2D eigenvalue weighted by Crippen LogP contribution is 2.26. The number of nitrogens with one attached hydrogen (secondary N) is 1. The lowest BCUT2D eigenvalue weighted by Crippen LogP contribution is -2.47. The first-order valence-corrected chi connectivity index (χ1v) is 7.13. The number of amides is 1. The molecule has 2 aliphatic heterocycles. The number of rotatable bonds is 2. The van der Waals surface area contributed by atoms with E-state index in [1.807, 2.05) is 25.7 Å². The minimum Gasteiger partial charge on any atom is -0.444 e. The van der Waals surface area contributed by atoms with E-state index in [-0.39, 0.29) is 11.7 Å². The Kier molecular flexibility index (Phi) is 4.15. The monoisotopic (exact) mass is 254 g/mol. The Balaban J connectivity index is 1.80. The van der Waals surface area contributed by atoms with Crippen molar-refractivity contribution in [2.24, 2.45) is 11.8 Å². The summed E-state index contributed by atoms with van der Waals surface area (Å²) in [5.74, 6) is 1.49. The summed E-state index contributed by atoms with van der Waals surface area (Å²) in [6, 6.07) is 0. The van der Waals surface area contributed by atoms with Gasteiger partial charge in [-0.1, -0.05) is 0 Å². The van der Waals surface area contributed by atoms with Crippen LogP contribution in [-0.4, -0.2) is 42.8 Å². The lowest BCUT2D eigenvalue weighted by molar-refractivity contribution is 0.0148. The first-order valence-electron chi connectivity index (χ1n) is 7.13. The maximum Gasteiger partial charge on any atom is 0.410 e. The van der Waals surface area contributed by atoms with Gasteiger partial charge in [0.05, 0.1) is 0 Å². The molecule has 104 valence electrons. The molecule has 0 aromatic rings. The van der Waals surface area contributed by atoms with E-state index in [0.717, 1.165) is 38.5 Å². The Morgan fingerprint density at radius 1 is 1.33 bits per heavy atom. The van der Waals surface area contributed by atoms with Gasteiger partial charge < -0.3 is 15.0 Å². The molecule has 0 saturated carbocycles. The number of likely N-dealkylation sites (tertiary alicyclic amines) is 1. The molecule has 2 heterocycles. The van der Waals surface area contributed by atoms with Crippen LogP contribution in [0.5, 0.6) is 0 Å². The van der Waals surface area contributed by atoms with E-state index in [0.29, 0.717) is 5.92 Å². The highest BCUT2D eigenvalue weighted by Gasteiger charge is 2.30. The number of nitrogens with zero attached hydrogens (tertiary/aromatic N) is 1. The summed E-state index contributed by atoms with van der Waals surface area (Å²) in [6.07, 6.45) is 3.49. The molecule has 2 saturated heterocycles. The second-order valence-electron chi connectivity index (χ2n) is 6.69. The zero-order chi connectivity index (χ0) is 13.2. The van der Waals surface area contributed by atoms with Crippen molar-refractivity contribution in [2.75, 3.05) is 26.2 Å². The van der Waals surface area contributed by atoms with Crippen molar-refractivity contribution < 1.29 is 9.53 Å². The van der Waals surface area contributed by atoms with Crippen LogP contribution >= 0.6 is 0 Å². The highest BCUT2D eigenvalue weighted by atomic mass is 16.6. The topological polar surface area (TPSA) is 41.6 Å². The highest BCUT2D eigenvalue weighted by molar-refractivity contribution is 5.68. The van der Waals surface area contributed by atoms with Gasteiger partial charge in [0, 0.05) is 13.1 Å². The van der Waals surface area contributed by atoms with Crippen LogP contribution in [0.3, 0.4) is 0 Å². The summed E-state index contributed by atoms with van der Waals surface area (Å²) in [7, 11) is 0. The average Bonchev–Trinajstić information content (AvgIpc) is 2.22. The standard InChI is InChI=1S/C14H26N2O2/c1-14(2,3)18-13(17)16-6-4-5-11(10-16)7-12-8-15-9-12/h11-12,15H,4-10H2,1-3H3. The first kappa shape index (κ1) is 13.7. The van der Waals surface area contributed by atoms with Crippen LogP contribution in [-0.2, 0) is 4.74 Å². The second-order valence-corrected chi connectivity index (χ2v) is 6.69.